The largest absolute Gasteiger partial charge is 0.510 e. The maximum atomic E-state index is 14.0. The van der Waals surface area contributed by atoms with E-state index in [0.29, 0.717) is 5.56 Å². The Morgan fingerprint density at radius 1 is 1.05 bits per heavy atom. The lowest BCUT2D eigenvalue weighted by Crippen LogP contribution is -2.63. The van der Waals surface area contributed by atoms with Crippen LogP contribution in [-0.4, -0.2) is 86.5 Å². The molecule has 1 aliphatic heterocycles. The first-order valence-electron chi connectivity index (χ1n) is 15.2. The maximum absolute atomic E-state index is 14.0. The second-order valence-electron chi connectivity index (χ2n) is 13.1. The van der Waals surface area contributed by atoms with E-state index < -0.39 is 58.0 Å². The second kappa shape index (κ2) is 10.9. The number of fused-ring (bicyclic) bond motifs is 3. The molecule has 0 bridgehead atoms. The molecule has 0 unspecified atom stereocenters. The summed E-state index contributed by atoms with van der Waals surface area (Å²) in [5.41, 5.74) is 5.23. The van der Waals surface area contributed by atoms with Crippen LogP contribution >= 0.6 is 0 Å². The molecule has 10 nitrogen and oxygen atoms in total. The number of phenolic OH excluding ortho intramolecular Hbond substituents is 1. The molecule has 0 radical (unpaired) electrons. The van der Waals surface area contributed by atoms with Gasteiger partial charge in [0.2, 0.25) is 5.78 Å². The number of carbonyl (C=O) groups is 3. The number of phenols is 1. The predicted molar refractivity (Wildman–Crippen MR) is 163 cm³/mol. The Labute approximate surface area is 256 Å². The number of benzene rings is 2. The number of aliphatic hydroxyl groups is 3. The van der Waals surface area contributed by atoms with Gasteiger partial charge in [0.25, 0.3) is 5.91 Å². The summed E-state index contributed by atoms with van der Waals surface area (Å²) in [5, 5.41) is 45.1. The van der Waals surface area contributed by atoms with Crippen molar-refractivity contribution in [3.05, 3.63) is 75.8 Å². The fraction of sp³-hybridized carbons (Fsp3) is 0.441. The van der Waals surface area contributed by atoms with Gasteiger partial charge in [-0.1, -0.05) is 37.3 Å². The molecule has 44 heavy (non-hydrogen) atoms. The van der Waals surface area contributed by atoms with Gasteiger partial charge in [-0.05, 0) is 93.0 Å². The van der Waals surface area contributed by atoms with Crippen LogP contribution in [0.1, 0.15) is 47.7 Å². The lowest BCUT2D eigenvalue weighted by Gasteiger charge is -2.50. The van der Waals surface area contributed by atoms with E-state index in [4.69, 9.17) is 5.73 Å². The minimum atomic E-state index is -2.65. The zero-order valence-corrected chi connectivity index (χ0v) is 25.2. The molecular formula is C34H39N3O7. The van der Waals surface area contributed by atoms with Gasteiger partial charge in [0.1, 0.15) is 22.8 Å². The number of carbonyl (C=O) groups excluding carboxylic acids is 3. The molecule has 0 saturated carbocycles. The highest BCUT2D eigenvalue weighted by Gasteiger charge is 2.63. The van der Waals surface area contributed by atoms with Crippen LogP contribution in [-0.2, 0) is 22.6 Å². The molecule has 232 valence electrons. The summed E-state index contributed by atoms with van der Waals surface area (Å²) < 4.78 is 0. The SMILES string of the molecule is CC1CCN(Cc2ccc(-c3ccc(O)c4c3C[C@H]3C[C@H]5[C@H](N(C)C)C(O)=C(C(N)=O)C(=O)[C@@]5(O)C(O)=C3C4=O)cc2)CC1. The van der Waals surface area contributed by atoms with E-state index in [0.717, 1.165) is 36.7 Å². The number of amides is 1. The number of likely N-dealkylation sites (N-methyl/N-ethyl adjacent to an activating group) is 1. The first-order valence-corrected chi connectivity index (χ1v) is 15.2. The maximum Gasteiger partial charge on any atom is 0.255 e. The van der Waals surface area contributed by atoms with Crippen molar-refractivity contribution in [1.29, 1.82) is 0 Å². The number of rotatable bonds is 5. The summed E-state index contributed by atoms with van der Waals surface area (Å²) in [6.07, 6.45) is 2.69. The average molecular weight is 602 g/mol. The van der Waals surface area contributed by atoms with Crippen LogP contribution in [0.25, 0.3) is 11.1 Å². The predicted octanol–water partition coefficient (Wildman–Crippen LogP) is 3.02. The molecule has 0 spiro atoms. The first-order chi connectivity index (χ1) is 20.8. The number of piperidine rings is 1. The van der Waals surface area contributed by atoms with Crippen molar-refractivity contribution in [3.8, 4) is 16.9 Å². The molecule has 2 aromatic carbocycles. The number of hydrogen-bond donors (Lipinski definition) is 5. The van der Waals surface area contributed by atoms with Gasteiger partial charge in [-0.25, -0.2) is 0 Å². The third kappa shape index (κ3) is 4.55. The van der Waals surface area contributed by atoms with Gasteiger partial charge in [-0.15, -0.1) is 0 Å². The van der Waals surface area contributed by atoms with Gasteiger partial charge in [0, 0.05) is 18.0 Å². The molecule has 1 amide bonds. The fourth-order valence-electron chi connectivity index (χ4n) is 7.79. The smallest absolute Gasteiger partial charge is 0.255 e. The molecule has 4 aliphatic rings. The fourth-order valence-corrected chi connectivity index (χ4v) is 7.79. The normalized spacial score (nSPS) is 27.8. The number of nitrogens with zero attached hydrogens (tertiary/aromatic N) is 2. The average Bonchev–Trinajstić information content (AvgIpc) is 2.96. The van der Waals surface area contributed by atoms with E-state index >= 15 is 0 Å². The Morgan fingerprint density at radius 3 is 2.32 bits per heavy atom. The highest BCUT2D eigenvalue weighted by molar-refractivity contribution is 6.24. The minimum absolute atomic E-state index is 0.00907. The number of likely N-dealkylation sites (tertiary alicyclic amines) is 1. The lowest BCUT2D eigenvalue weighted by atomic mass is 9.58. The number of hydrogen-bond acceptors (Lipinski definition) is 9. The van der Waals surface area contributed by atoms with Crippen LogP contribution in [0.4, 0.5) is 0 Å². The number of Topliss-reactive ketones (excluding diaryl/α,β-unsaturated/α-hetero) is 2. The zero-order chi connectivity index (χ0) is 31.7. The Balaban J connectivity index is 1.39. The minimum Gasteiger partial charge on any atom is -0.510 e. The van der Waals surface area contributed by atoms with Gasteiger partial charge in [0.05, 0.1) is 11.6 Å². The molecule has 3 aliphatic carbocycles. The van der Waals surface area contributed by atoms with Crippen molar-refractivity contribution in [2.45, 2.75) is 50.8 Å². The number of aromatic hydroxyl groups is 1. The number of aliphatic hydroxyl groups excluding tert-OH is 2. The molecular weight excluding hydrogens is 562 g/mol. The molecule has 6 rings (SSSR count). The zero-order valence-electron chi connectivity index (χ0n) is 25.2. The Morgan fingerprint density at radius 2 is 1.70 bits per heavy atom. The van der Waals surface area contributed by atoms with Crippen LogP contribution in [0.3, 0.4) is 0 Å². The van der Waals surface area contributed by atoms with Crippen LogP contribution < -0.4 is 5.73 Å². The number of ketones is 2. The van der Waals surface area contributed by atoms with Gasteiger partial charge in [-0.3, -0.25) is 24.2 Å². The lowest BCUT2D eigenvalue weighted by molar-refractivity contribution is -0.148. The molecule has 1 heterocycles. The van der Waals surface area contributed by atoms with E-state index in [1.54, 1.807) is 25.1 Å². The summed E-state index contributed by atoms with van der Waals surface area (Å²) >= 11 is 0. The van der Waals surface area contributed by atoms with Crippen LogP contribution in [0.5, 0.6) is 5.75 Å². The van der Waals surface area contributed by atoms with E-state index in [2.05, 4.69) is 24.0 Å². The van der Waals surface area contributed by atoms with Crippen molar-refractivity contribution in [2.24, 2.45) is 23.5 Å². The van der Waals surface area contributed by atoms with Crippen LogP contribution in [0, 0.1) is 17.8 Å². The van der Waals surface area contributed by atoms with Gasteiger partial charge in [-0.2, -0.15) is 0 Å². The van der Waals surface area contributed by atoms with Crippen LogP contribution in [0.15, 0.2) is 59.1 Å². The highest BCUT2D eigenvalue weighted by Crippen LogP contribution is 2.53. The Kier molecular flexibility index (Phi) is 7.42. The summed E-state index contributed by atoms with van der Waals surface area (Å²) in [6, 6.07) is 10.4. The van der Waals surface area contributed by atoms with Crippen LogP contribution in [0.2, 0.25) is 0 Å². The Hall–Kier alpha value is -3.99. The quantitative estimate of drug-likeness (QED) is 0.324. The molecule has 1 saturated heterocycles. The van der Waals surface area contributed by atoms with Gasteiger partial charge in [0.15, 0.2) is 11.4 Å². The monoisotopic (exact) mass is 601 g/mol. The third-order valence-corrected chi connectivity index (χ3v) is 10.2. The second-order valence-corrected chi connectivity index (χ2v) is 13.1. The summed E-state index contributed by atoms with van der Waals surface area (Å²) in [4.78, 5) is 43.7. The van der Waals surface area contributed by atoms with Gasteiger partial charge < -0.3 is 26.2 Å². The van der Waals surface area contributed by atoms with E-state index in [-0.39, 0.29) is 29.7 Å². The molecule has 6 N–H and O–H groups in total. The number of nitrogens with two attached hydrogens (primary N) is 1. The van der Waals surface area contributed by atoms with Gasteiger partial charge >= 0.3 is 0 Å². The summed E-state index contributed by atoms with van der Waals surface area (Å²) in [7, 11) is 3.22. The van der Waals surface area contributed by atoms with E-state index in [9.17, 15) is 34.8 Å². The molecule has 10 heteroatoms. The summed E-state index contributed by atoms with van der Waals surface area (Å²) in [5.74, 6) is -5.82. The van der Waals surface area contributed by atoms with Crippen molar-refractivity contribution in [2.75, 3.05) is 27.2 Å². The first kappa shape index (κ1) is 30.1. The molecule has 0 aromatic heterocycles. The topological polar surface area (TPSA) is 165 Å². The number of allylic oxidation sites excluding steroid dienone is 1. The molecule has 2 aromatic rings. The van der Waals surface area contributed by atoms with E-state index in [1.165, 1.54) is 24.5 Å². The van der Waals surface area contributed by atoms with Crippen molar-refractivity contribution < 1.29 is 34.8 Å². The highest BCUT2D eigenvalue weighted by atomic mass is 16.3. The Bertz CT molecular complexity index is 1620. The number of primary amides is 1. The summed E-state index contributed by atoms with van der Waals surface area (Å²) in [6.45, 7) is 5.31. The molecule has 1 fully saturated rings. The van der Waals surface area contributed by atoms with Crippen molar-refractivity contribution in [1.82, 2.24) is 9.80 Å². The van der Waals surface area contributed by atoms with E-state index in [1.807, 2.05) is 12.1 Å². The van der Waals surface area contributed by atoms with Crippen molar-refractivity contribution >= 4 is 17.5 Å². The third-order valence-electron chi connectivity index (χ3n) is 10.2. The van der Waals surface area contributed by atoms with Crippen molar-refractivity contribution in [3.63, 3.8) is 0 Å². The molecule has 4 atom stereocenters. The standard InChI is InChI=1S/C34H39N3O7/c1-17-10-12-37(13-11-17)16-18-4-6-19(7-5-18)21-8-9-24(38)26-22(21)14-20-15-23-28(36(2)3)30(40)27(33(35)43)32(42)34(23,44)31(41)25(20)29(26)39/h4-9,17,20,23,28,38,40-41,44H,10-16H2,1-3H3,(H2,35,43)/t20-,23-,28-,34-/m0/s1.